The highest BCUT2D eigenvalue weighted by Gasteiger charge is 2.19. The number of hydrogen-bond acceptors (Lipinski definition) is 3. The van der Waals surface area contributed by atoms with Gasteiger partial charge in [-0.15, -0.1) is 11.3 Å². The van der Waals surface area contributed by atoms with Crippen LogP contribution < -0.4 is 4.72 Å². The molecule has 3 nitrogen and oxygen atoms in total. The van der Waals surface area contributed by atoms with Gasteiger partial charge >= 0.3 is 0 Å². The van der Waals surface area contributed by atoms with E-state index in [0.29, 0.717) is 4.47 Å². The van der Waals surface area contributed by atoms with E-state index < -0.39 is 15.8 Å². The predicted molar refractivity (Wildman–Crippen MR) is 81.8 cm³/mol. The van der Waals surface area contributed by atoms with Gasteiger partial charge in [-0.1, -0.05) is 22.9 Å². The Hall–Kier alpha value is -0.760. The van der Waals surface area contributed by atoms with Crippen molar-refractivity contribution in [1.82, 2.24) is 4.72 Å². The van der Waals surface area contributed by atoms with Crippen molar-refractivity contribution in [3.05, 3.63) is 50.4 Å². The lowest BCUT2D eigenvalue weighted by Crippen LogP contribution is -2.23. The highest BCUT2D eigenvalue weighted by molar-refractivity contribution is 9.10. The van der Waals surface area contributed by atoms with E-state index in [4.69, 9.17) is 0 Å². The summed E-state index contributed by atoms with van der Waals surface area (Å²) in [6.45, 7) is 2.21. The second-order valence-electron chi connectivity index (χ2n) is 4.12. The third-order valence-corrected chi connectivity index (χ3v) is 5.84. The zero-order valence-corrected chi connectivity index (χ0v) is 13.9. The molecule has 0 saturated heterocycles. The molecule has 0 saturated carbocycles. The summed E-state index contributed by atoms with van der Waals surface area (Å²) in [5.74, 6) is -0.771. The fraction of sp³-hybridized carbons (Fsp3) is 0.231. The number of halogens is 2. The minimum absolute atomic E-state index is 0.169. The monoisotopic (exact) mass is 377 g/mol. The third-order valence-electron chi connectivity index (χ3n) is 2.69. The smallest absolute Gasteiger partial charge is 0.207 e. The first-order valence-electron chi connectivity index (χ1n) is 5.94. The van der Waals surface area contributed by atoms with E-state index in [1.807, 2.05) is 19.1 Å². The Kier molecular flexibility index (Phi) is 4.95. The number of hydrogen-bond donors (Lipinski definition) is 1. The predicted octanol–water partition coefficient (Wildman–Crippen LogP) is 3.69. The van der Waals surface area contributed by atoms with E-state index >= 15 is 0 Å². The molecule has 0 radical (unpaired) electrons. The maximum absolute atomic E-state index is 13.7. The molecule has 0 bridgehead atoms. The highest BCUT2D eigenvalue weighted by Crippen LogP contribution is 2.21. The van der Waals surface area contributed by atoms with Gasteiger partial charge in [0.15, 0.2) is 0 Å². The number of nitrogens with one attached hydrogen (secondary N) is 1. The Morgan fingerprint density at radius 2 is 1.95 bits per heavy atom. The van der Waals surface area contributed by atoms with Crippen LogP contribution in [0.5, 0.6) is 0 Å². The normalized spacial score (nSPS) is 11.8. The molecular formula is C13H13BrFNO2S2. The van der Waals surface area contributed by atoms with Crippen LogP contribution in [-0.4, -0.2) is 8.42 Å². The van der Waals surface area contributed by atoms with Crippen LogP contribution in [0.4, 0.5) is 4.39 Å². The van der Waals surface area contributed by atoms with Gasteiger partial charge in [0.2, 0.25) is 10.0 Å². The Bertz CT molecular complexity index is 713. The average molecular weight is 378 g/mol. The topological polar surface area (TPSA) is 46.2 Å². The number of sulfonamides is 1. The molecule has 1 aromatic carbocycles. The maximum atomic E-state index is 13.7. The Morgan fingerprint density at radius 1 is 1.25 bits per heavy atom. The highest BCUT2D eigenvalue weighted by atomic mass is 79.9. The van der Waals surface area contributed by atoms with Crippen LogP contribution in [0.25, 0.3) is 0 Å². The second-order valence-corrected chi connectivity index (χ2v) is 8.02. The molecular weight excluding hydrogens is 365 g/mol. The minimum Gasteiger partial charge on any atom is -0.207 e. The summed E-state index contributed by atoms with van der Waals surface area (Å²) in [5.41, 5.74) is 0. The summed E-state index contributed by atoms with van der Waals surface area (Å²) in [7, 11) is -3.84. The van der Waals surface area contributed by atoms with Gasteiger partial charge in [0.05, 0.1) is 0 Å². The lowest BCUT2D eigenvalue weighted by molar-refractivity contribution is 0.556. The molecule has 0 amide bonds. The quantitative estimate of drug-likeness (QED) is 0.863. The number of aryl methyl sites for hydroxylation is 1. The first-order chi connectivity index (χ1) is 9.42. The summed E-state index contributed by atoms with van der Waals surface area (Å²) in [5, 5.41) is 0. The molecule has 0 atom stereocenters. The van der Waals surface area contributed by atoms with Crippen LogP contribution in [0, 0.1) is 5.82 Å². The van der Waals surface area contributed by atoms with Crippen molar-refractivity contribution < 1.29 is 12.8 Å². The van der Waals surface area contributed by atoms with Crippen LogP contribution in [-0.2, 0) is 23.0 Å². The van der Waals surface area contributed by atoms with Crippen molar-refractivity contribution in [3.63, 3.8) is 0 Å². The standard InChI is InChI=1S/C13H13BrFNO2S2/c1-2-10-4-5-11(19-10)8-16-20(17,18)13-6-3-9(14)7-12(13)15/h3-7,16H,2,8H2,1H3. The molecule has 7 heteroatoms. The first-order valence-corrected chi connectivity index (χ1v) is 9.04. The van der Waals surface area contributed by atoms with Gasteiger partial charge < -0.3 is 0 Å². The van der Waals surface area contributed by atoms with Gasteiger partial charge in [-0.05, 0) is 36.8 Å². The molecule has 1 aromatic heterocycles. The van der Waals surface area contributed by atoms with Gasteiger partial charge in [-0.25, -0.2) is 17.5 Å². The molecule has 0 unspecified atom stereocenters. The maximum Gasteiger partial charge on any atom is 0.243 e. The van der Waals surface area contributed by atoms with Crippen LogP contribution in [0.15, 0.2) is 39.7 Å². The summed E-state index contributed by atoms with van der Waals surface area (Å²) >= 11 is 4.64. The van der Waals surface area contributed by atoms with E-state index in [0.717, 1.165) is 17.4 Å². The third kappa shape index (κ3) is 3.66. The Balaban J connectivity index is 2.14. The molecule has 0 fully saturated rings. The molecule has 20 heavy (non-hydrogen) atoms. The van der Waals surface area contributed by atoms with Crippen LogP contribution in [0.3, 0.4) is 0 Å². The average Bonchev–Trinajstić information content (AvgIpc) is 2.84. The molecule has 2 rings (SSSR count). The molecule has 0 aliphatic rings. The number of benzene rings is 1. The molecule has 0 aliphatic carbocycles. The zero-order valence-electron chi connectivity index (χ0n) is 10.7. The largest absolute Gasteiger partial charge is 0.243 e. The van der Waals surface area contributed by atoms with Crippen LogP contribution in [0.1, 0.15) is 16.7 Å². The Labute approximate surface area is 130 Å². The van der Waals surface area contributed by atoms with Crippen molar-refractivity contribution >= 4 is 37.3 Å². The van der Waals surface area contributed by atoms with Crippen molar-refractivity contribution in [2.45, 2.75) is 24.8 Å². The van der Waals surface area contributed by atoms with Gasteiger partial charge in [-0.3, -0.25) is 0 Å². The fourth-order valence-electron chi connectivity index (χ4n) is 1.64. The lowest BCUT2D eigenvalue weighted by atomic mass is 10.3. The minimum atomic E-state index is -3.84. The molecule has 1 N–H and O–H groups in total. The van der Waals surface area contributed by atoms with Crippen LogP contribution >= 0.6 is 27.3 Å². The van der Waals surface area contributed by atoms with Crippen molar-refractivity contribution in [1.29, 1.82) is 0 Å². The molecule has 2 aromatic rings. The molecule has 108 valence electrons. The summed E-state index contributed by atoms with van der Waals surface area (Å²) in [6.07, 6.45) is 0.915. The Morgan fingerprint density at radius 3 is 2.55 bits per heavy atom. The van der Waals surface area contributed by atoms with Gasteiger partial charge in [0, 0.05) is 20.8 Å². The van der Waals surface area contributed by atoms with Gasteiger partial charge in [0.25, 0.3) is 0 Å². The SMILES string of the molecule is CCc1ccc(CNS(=O)(=O)c2ccc(Br)cc2F)s1. The summed E-state index contributed by atoms with van der Waals surface area (Å²) < 4.78 is 40.7. The molecule has 0 aliphatic heterocycles. The fourth-order valence-corrected chi connectivity index (χ4v) is 4.03. The second kappa shape index (κ2) is 6.34. The summed E-state index contributed by atoms with van der Waals surface area (Å²) in [4.78, 5) is 1.75. The lowest BCUT2D eigenvalue weighted by Gasteiger charge is -2.07. The van der Waals surface area contributed by atoms with E-state index in [1.165, 1.54) is 17.0 Å². The van der Waals surface area contributed by atoms with Crippen LogP contribution in [0.2, 0.25) is 0 Å². The van der Waals surface area contributed by atoms with Crippen molar-refractivity contribution in [2.75, 3.05) is 0 Å². The van der Waals surface area contributed by atoms with E-state index in [1.54, 1.807) is 11.3 Å². The zero-order chi connectivity index (χ0) is 14.8. The number of rotatable bonds is 5. The van der Waals surface area contributed by atoms with Crippen molar-refractivity contribution in [3.8, 4) is 0 Å². The summed E-state index contributed by atoms with van der Waals surface area (Å²) in [6, 6.07) is 7.72. The molecule has 0 spiro atoms. The van der Waals surface area contributed by atoms with E-state index in [-0.39, 0.29) is 11.4 Å². The van der Waals surface area contributed by atoms with Gasteiger partial charge in [-0.2, -0.15) is 0 Å². The van der Waals surface area contributed by atoms with Gasteiger partial charge in [0.1, 0.15) is 10.7 Å². The van der Waals surface area contributed by atoms with E-state index in [9.17, 15) is 12.8 Å². The number of thiophene rings is 1. The van der Waals surface area contributed by atoms with Crippen molar-refractivity contribution in [2.24, 2.45) is 0 Å². The molecule has 1 heterocycles. The first kappa shape index (κ1) is 15.6. The van der Waals surface area contributed by atoms with E-state index in [2.05, 4.69) is 20.7 Å².